The summed E-state index contributed by atoms with van der Waals surface area (Å²) in [7, 11) is 2.02. The molecule has 3 aromatic rings. The number of hydrogen-bond donors (Lipinski definition) is 1. The summed E-state index contributed by atoms with van der Waals surface area (Å²) in [5.74, 6) is 2.30. The fourth-order valence-electron chi connectivity index (χ4n) is 4.73. The van der Waals surface area contributed by atoms with Crippen molar-refractivity contribution in [3.8, 4) is 23.0 Å². The minimum Gasteiger partial charge on any atom is -0.332 e. The van der Waals surface area contributed by atoms with Crippen LogP contribution in [0.5, 0.6) is 0 Å². The molecule has 0 bridgehead atoms. The topological polar surface area (TPSA) is 68.8 Å². The van der Waals surface area contributed by atoms with Gasteiger partial charge < -0.3 is 9.84 Å². The molecule has 1 N–H and O–H groups in total. The van der Waals surface area contributed by atoms with E-state index in [1.165, 1.54) is 27.9 Å². The molecule has 0 aliphatic heterocycles. The highest BCUT2D eigenvalue weighted by Crippen LogP contribution is 2.38. The molecule has 6 nitrogen and oxygen atoms in total. The molecule has 1 aliphatic carbocycles. The van der Waals surface area contributed by atoms with E-state index in [1.54, 1.807) is 0 Å². The Morgan fingerprint density at radius 1 is 1.19 bits per heavy atom. The zero-order valence-electron chi connectivity index (χ0n) is 20.2. The van der Waals surface area contributed by atoms with Gasteiger partial charge in [-0.3, -0.25) is 4.68 Å². The Morgan fingerprint density at radius 3 is 2.66 bits per heavy atom. The number of hydrogen-bond acceptors (Lipinski definition) is 6. The predicted molar refractivity (Wildman–Crippen MR) is 132 cm³/mol. The fraction of sp³-hybridized carbons (Fsp3) is 0.560. The van der Waals surface area contributed by atoms with Crippen LogP contribution < -0.4 is 5.32 Å². The summed E-state index contributed by atoms with van der Waals surface area (Å²) in [6.07, 6.45) is 6.34. The predicted octanol–water partition coefficient (Wildman–Crippen LogP) is 4.76. The van der Waals surface area contributed by atoms with Gasteiger partial charge in [-0.15, -0.1) is 0 Å². The molecule has 4 rings (SSSR count). The zero-order chi connectivity index (χ0) is 22.9. The van der Waals surface area contributed by atoms with Gasteiger partial charge in [-0.05, 0) is 86.6 Å². The molecule has 0 saturated carbocycles. The van der Waals surface area contributed by atoms with Crippen LogP contribution in [-0.4, -0.2) is 45.0 Å². The van der Waals surface area contributed by atoms with Crippen LogP contribution in [-0.2, 0) is 26.3 Å². The number of fused-ring (bicyclic) bond motifs is 1. The van der Waals surface area contributed by atoms with E-state index in [2.05, 4.69) is 56.6 Å². The second kappa shape index (κ2) is 9.40. The van der Waals surface area contributed by atoms with Crippen molar-refractivity contribution in [3.05, 3.63) is 40.1 Å². The molecule has 0 unspecified atom stereocenters. The smallest absolute Gasteiger partial charge is 0.279 e. The van der Waals surface area contributed by atoms with Crippen LogP contribution in [0, 0.1) is 19.3 Å². The lowest BCUT2D eigenvalue weighted by Gasteiger charge is -2.29. The first-order valence-electron chi connectivity index (χ1n) is 11.5. The second-order valence-corrected chi connectivity index (χ2v) is 10.7. The van der Waals surface area contributed by atoms with Crippen molar-refractivity contribution >= 4 is 11.8 Å². The van der Waals surface area contributed by atoms with Crippen molar-refractivity contribution < 1.29 is 4.52 Å². The van der Waals surface area contributed by atoms with Gasteiger partial charge in [-0.1, -0.05) is 19.0 Å². The van der Waals surface area contributed by atoms with Gasteiger partial charge in [-0.25, -0.2) is 0 Å². The van der Waals surface area contributed by atoms with E-state index in [4.69, 9.17) is 14.6 Å². The molecule has 0 spiro atoms. The van der Waals surface area contributed by atoms with Crippen molar-refractivity contribution in [1.29, 1.82) is 0 Å². The average Bonchev–Trinajstić information content (AvgIpc) is 3.34. The monoisotopic (exact) mass is 453 g/mol. The molecule has 172 valence electrons. The maximum absolute atomic E-state index is 5.70. The van der Waals surface area contributed by atoms with E-state index in [0.717, 1.165) is 55.8 Å². The van der Waals surface area contributed by atoms with E-state index in [-0.39, 0.29) is 0 Å². The Labute approximate surface area is 195 Å². The Hall–Kier alpha value is -2.12. The Morgan fingerprint density at radius 2 is 1.94 bits per heavy atom. The van der Waals surface area contributed by atoms with Crippen molar-refractivity contribution in [2.75, 3.05) is 25.1 Å². The van der Waals surface area contributed by atoms with Crippen molar-refractivity contribution in [2.45, 2.75) is 53.4 Å². The number of nitrogens with zero attached hydrogens (tertiary/aromatic N) is 4. The molecule has 0 amide bonds. The standard InChI is InChI=1S/C25H35N5OS/c1-16-13-18(14-17(2)19(16)8-10-26-11-12-32-6)23-27-24(31-29-23)22-20-7-9-25(3,4)15-21(20)30(5)28-22/h13-14,26H,7-12,15H2,1-6H3. The second-order valence-electron chi connectivity index (χ2n) is 9.74. The largest absolute Gasteiger partial charge is 0.332 e. The molecular weight excluding hydrogens is 418 g/mol. The summed E-state index contributed by atoms with van der Waals surface area (Å²) in [4.78, 5) is 4.75. The number of rotatable bonds is 8. The molecule has 32 heavy (non-hydrogen) atoms. The lowest BCUT2D eigenvalue weighted by molar-refractivity contribution is 0.306. The molecule has 2 heterocycles. The molecule has 0 radical (unpaired) electrons. The highest BCUT2D eigenvalue weighted by Gasteiger charge is 2.32. The third kappa shape index (κ3) is 4.79. The summed E-state index contributed by atoms with van der Waals surface area (Å²) in [6, 6.07) is 4.35. The first-order chi connectivity index (χ1) is 15.3. The lowest BCUT2D eigenvalue weighted by atomic mass is 9.76. The third-order valence-electron chi connectivity index (χ3n) is 6.59. The molecule has 0 fully saturated rings. The molecule has 1 aromatic carbocycles. The van der Waals surface area contributed by atoms with Gasteiger partial charge in [0, 0.05) is 36.2 Å². The fourth-order valence-corrected chi connectivity index (χ4v) is 5.08. The van der Waals surface area contributed by atoms with Gasteiger partial charge in [0.1, 0.15) is 0 Å². The Balaban J connectivity index is 1.55. The Kier molecular flexibility index (Phi) is 6.77. The van der Waals surface area contributed by atoms with Crippen molar-refractivity contribution in [3.63, 3.8) is 0 Å². The average molecular weight is 454 g/mol. The minimum absolute atomic E-state index is 0.305. The molecule has 0 saturated heterocycles. The van der Waals surface area contributed by atoms with Crippen molar-refractivity contribution in [2.24, 2.45) is 12.5 Å². The van der Waals surface area contributed by atoms with Gasteiger partial charge in [0.15, 0.2) is 5.69 Å². The number of nitrogens with one attached hydrogen (secondary N) is 1. The van der Waals surface area contributed by atoms with Crippen LogP contribution in [0.3, 0.4) is 0 Å². The molecular formula is C25H35N5OS. The summed E-state index contributed by atoms with van der Waals surface area (Å²) in [5, 5.41) is 12.6. The maximum atomic E-state index is 5.70. The normalized spacial score (nSPS) is 15.2. The molecule has 1 aliphatic rings. The molecule has 2 aromatic heterocycles. The van der Waals surface area contributed by atoms with Gasteiger partial charge in [0.25, 0.3) is 5.89 Å². The number of aromatic nitrogens is 4. The summed E-state index contributed by atoms with van der Waals surface area (Å²) in [5.41, 5.74) is 8.65. The van der Waals surface area contributed by atoms with E-state index in [0.29, 0.717) is 17.1 Å². The van der Waals surface area contributed by atoms with Gasteiger partial charge in [0.2, 0.25) is 5.82 Å². The SMILES string of the molecule is CSCCNCCc1c(C)cc(-c2noc(-c3nn(C)c4c3CCC(C)(C)C4)n2)cc1C. The van der Waals surface area contributed by atoms with Crippen LogP contribution in [0.25, 0.3) is 23.0 Å². The minimum atomic E-state index is 0.305. The first-order valence-corrected chi connectivity index (χ1v) is 12.9. The van der Waals surface area contributed by atoms with Crippen LogP contribution in [0.4, 0.5) is 0 Å². The summed E-state index contributed by atoms with van der Waals surface area (Å²) in [6.45, 7) is 11.0. The summed E-state index contributed by atoms with van der Waals surface area (Å²) < 4.78 is 7.69. The maximum Gasteiger partial charge on any atom is 0.279 e. The van der Waals surface area contributed by atoms with Gasteiger partial charge in [0.05, 0.1) is 0 Å². The van der Waals surface area contributed by atoms with E-state index >= 15 is 0 Å². The highest BCUT2D eigenvalue weighted by atomic mass is 32.2. The number of aryl methyl sites for hydroxylation is 3. The molecule has 0 atom stereocenters. The Bertz CT molecular complexity index is 1070. The summed E-state index contributed by atoms with van der Waals surface area (Å²) >= 11 is 1.87. The zero-order valence-corrected chi connectivity index (χ0v) is 21.0. The lowest BCUT2D eigenvalue weighted by Crippen LogP contribution is -2.23. The number of thioether (sulfide) groups is 1. The van der Waals surface area contributed by atoms with E-state index in [1.807, 2.05) is 23.5 Å². The van der Waals surface area contributed by atoms with E-state index in [9.17, 15) is 0 Å². The third-order valence-corrected chi connectivity index (χ3v) is 7.20. The van der Waals surface area contributed by atoms with Crippen molar-refractivity contribution in [1.82, 2.24) is 25.2 Å². The number of benzene rings is 1. The van der Waals surface area contributed by atoms with Gasteiger partial charge >= 0.3 is 0 Å². The van der Waals surface area contributed by atoms with E-state index < -0.39 is 0 Å². The molecule has 7 heteroatoms. The van der Waals surface area contributed by atoms with Crippen LogP contribution in [0.1, 0.15) is 48.2 Å². The quantitative estimate of drug-likeness (QED) is 0.496. The van der Waals surface area contributed by atoms with Gasteiger partial charge in [-0.2, -0.15) is 21.8 Å². The van der Waals surface area contributed by atoms with Crippen LogP contribution >= 0.6 is 11.8 Å². The highest BCUT2D eigenvalue weighted by molar-refractivity contribution is 7.98. The first kappa shape index (κ1) is 23.1. The van der Waals surface area contributed by atoms with Crippen LogP contribution in [0.15, 0.2) is 16.7 Å². The van der Waals surface area contributed by atoms with Crippen LogP contribution in [0.2, 0.25) is 0 Å².